The smallest absolute Gasteiger partial charge is 0.135 e. The Labute approximate surface area is 271 Å². The number of para-hydroxylation sites is 1. The summed E-state index contributed by atoms with van der Waals surface area (Å²) in [6.07, 6.45) is 23.6. The van der Waals surface area contributed by atoms with Crippen LogP contribution in [0.1, 0.15) is 79.5 Å². The summed E-state index contributed by atoms with van der Waals surface area (Å²) in [5, 5.41) is 2.49. The summed E-state index contributed by atoms with van der Waals surface area (Å²) in [5.74, 6) is 1.21. The summed E-state index contributed by atoms with van der Waals surface area (Å²) in [7, 11) is 0. The molecule has 0 radical (unpaired) electrons. The van der Waals surface area contributed by atoms with E-state index in [1.54, 1.807) is 16.7 Å². The van der Waals surface area contributed by atoms with Crippen molar-refractivity contribution in [3.63, 3.8) is 0 Å². The lowest BCUT2D eigenvalue weighted by molar-refractivity contribution is 0.258. The Morgan fingerprint density at radius 3 is 2.50 bits per heavy atom. The summed E-state index contributed by atoms with van der Waals surface area (Å²) < 4.78 is 6.79. The van der Waals surface area contributed by atoms with E-state index in [0.717, 1.165) is 17.6 Å². The number of hydrogen-bond donors (Lipinski definition) is 0. The molecule has 46 heavy (non-hydrogen) atoms. The quantitative estimate of drug-likeness (QED) is 0.206. The molecule has 4 aromatic carbocycles. The highest BCUT2D eigenvalue weighted by Gasteiger charge is 2.58. The molecule has 5 aromatic rings. The third kappa shape index (κ3) is 3.65. The minimum atomic E-state index is -0.0374. The van der Waals surface area contributed by atoms with Gasteiger partial charge in [0.15, 0.2) is 0 Å². The molecule has 2 heteroatoms. The van der Waals surface area contributed by atoms with Gasteiger partial charge in [0.1, 0.15) is 11.2 Å². The SMILES string of the molecule is C1=CC[C@H](N(c2ccccc2)c2ccc3oc4cc5c(cc4c3c2)C2CCCCC2C52C3=C(C=CCCC3)c3ccccc32)C=C1. The van der Waals surface area contributed by atoms with Gasteiger partial charge in [-0.05, 0) is 126 Å². The molecule has 1 saturated carbocycles. The maximum Gasteiger partial charge on any atom is 0.135 e. The van der Waals surface area contributed by atoms with Gasteiger partial charge in [0.25, 0.3) is 0 Å². The van der Waals surface area contributed by atoms with Gasteiger partial charge in [-0.2, -0.15) is 0 Å². The van der Waals surface area contributed by atoms with Gasteiger partial charge in [0.2, 0.25) is 0 Å². The van der Waals surface area contributed by atoms with Gasteiger partial charge >= 0.3 is 0 Å². The monoisotopic (exact) mass is 597 g/mol. The molecule has 0 N–H and O–H groups in total. The lowest BCUT2D eigenvalue weighted by Crippen LogP contribution is -2.36. The van der Waals surface area contributed by atoms with Gasteiger partial charge in [0.05, 0.1) is 6.04 Å². The van der Waals surface area contributed by atoms with Crippen LogP contribution >= 0.6 is 0 Å². The predicted molar refractivity (Wildman–Crippen MR) is 191 cm³/mol. The molecule has 1 spiro atoms. The van der Waals surface area contributed by atoms with E-state index in [1.807, 2.05) is 0 Å². The zero-order valence-electron chi connectivity index (χ0n) is 26.3. The van der Waals surface area contributed by atoms with Crippen LogP contribution in [0.5, 0.6) is 0 Å². The first-order chi connectivity index (χ1) is 22.8. The number of nitrogens with zero attached hydrogens (tertiary/aromatic N) is 1. The highest BCUT2D eigenvalue weighted by Crippen LogP contribution is 2.67. The van der Waals surface area contributed by atoms with Crippen LogP contribution in [0.15, 0.2) is 131 Å². The average molecular weight is 598 g/mol. The maximum absolute atomic E-state index is 6.79. The van der Waals surface area contributed by atoms with Gasteiger partial charge in [-0.3, -0.25) is 0 Å². The van der Waals surface area contributed by atoms with Crippen molar-refractivity contribution in [2.24, 2.45) is 5.92 Å². The summed E-state index contributed by atoms with van der Waals surface area (Å²) in [4.78, 5) is 2.49. The number of rotatable bonds is 3. The Morgan fingerprint density at radius 1 is 0.717 bits per heavy atom. The lowest BCUT2D eigenvalue weighted by atomic mass is 9.61. The predicted octanol–water partition coefficient (Wildman–Crippen LogP) is 11.7. The highest BCUT2D eigenvalue weighted by atomic mass is 16.3. The van der Waals surface area contributed by atoms with Crippen LogP contribution in [0.2, 0.25) is 0 Å². The number of anilines is 2. The first-order valence-electron chi connectivity index (χ1n) is 17.5. The van der Waals surface area contributed by atoms with Crippen molar-refractivity contribution in [1.82, 2.24) is 0 Å². The molecule has 2 nitrogen and oxygen atoms in total. The van der Waals surface area contributed by atoms with E-state index < -0.39 is 0 Å². The molecule has 0 amide bonds. The molecule has 0 saturated heterocycles. The summed E-state index contributed by atoms with van der Waals surface area (Å²) >= 11 is 0. The zero-order valence-corrected chi connectivity index (χ0v) is 26.3. The first kappa shape index (κ1) is 26.6. The van der Waals surface area contributed by atoms with E-state index >= 15 is 0 Å². The van der Waals surface area contributed by atoms with Gasteiger partial charge in [-0.15, -0.1) is 0 Å². The molecular weight excluding hydrogens is 558 g/mol. The third-order valence-corrected chi connectivity index (χ3v) is 11.9. The molecular formula is C44H39NO. The fourth-order valence-corrected chi connectivity index (χ4v) is 10.2. The molecule has 0 bridgehead atoms. The minimum Gasteiger partial charge on any atom is -0.456 e. The molecule has 10 rings (SSSR count). The molecule has 1 heterocycles. The van der Waals surface area contributed by atoms with Crippen LogP contribution < -0.4 is 4.90 Å². The Bertz CT molecular complexity index is 2140. The number of benzene rings is 4. The zero-order chi connectivity index (χ0) is 30.2. The molecule has 1 aromatic heterocycles. The summed E-state index contributed by atoms with van der Waals surface area (Å²) in [6, 6.07) is 32.4. The number of fused-ring (bicyclic) bond motifs is 12. The van der Waals surface area contributed by atoms with E-state index in [0.29, 0.717) is 11.8 Å². The number of hydrogen-bond acceptors (Lipinski definition) is 2. The maximum atomic E-state index is 6.79. The largest absolute Gasteiger partial charge is 0.456 e. The van der Waals surface area contributed by atoms with Gasteiger partial charge in [0, 0.05) is 27.6 Å². The Morgan fingerprint density at radius 2 is 1.59 bits per heavy atom. The van der Waals surface area contributed by atoms with E-state index in [9.17, 15) is 0 Å². The third-order valence-electron chi connectivity index (χ3n) is 11.9. The van der Waals surface area contributed by atoms with Crippen molar-refractivity contribution < 1.29 is 4.42 Å². The van der Waals surface area contributed by atoms with Gasteiger partial charge in [-0.1, -0.05) is 91.8 Å². The molecule has 226 valence electrons. The number of furan rings is 1. The van der Waals surface area contributed by atoms with Crippen LogP contribution in [-0.4, -0.2) is 6.04 Å². The van der Waals surface area contributed by atoms with Crippen LogP contribution in [-0.2, 0) is 5.41 Å². The molecule has 5 aliphatic carbocycles. The Hall–Kier alpha value is -4.56. The van der Waals surface area contributed by atoms with E-state index in [1.165, 1.54) is 83.8 Å². The standard InChI is InChI=1S/C44H39NO/c1-4-14-29(15-5-1)45(30-16-6-2-7-17-30)31-24-25-42-36(26-31)37-27-35-34-20-11-13-23-40(34)44(41(35)28-43(37)46-42)38-21-9-3-8-18-32(38)33-19-10-12-22-39(33)44/h1-2,4-8,10,12,14-16,18-19,22,24-28,30,34,40H,3,9,11,13,17,20-21,23H2/t30-,34?,40?,44?/m1/s1. The van der Waals surface area contributed by atoms with Gasteiger partial charge in [-0.25, -0.2) is 0 Å². The van der Waals surface area contributed by atoms with Crippen molar-refractivity contribution >= 4 is 38.9 Å². The van der Waals surface area contributed by atoms with Crippen molar-refractivity contribution in [1.29, 1.82) is 0 Å². The topological polar surface area (TPSA) is 16.4 Å². The van der Waals surface area contributed by atoms with Crippen LogP contribution in [0.25, 0.3) is 27.5 Å². The molecule has 1 fully saturated rings. The lowest BCUT2D eigenvalue weighted by Gasteiger charge is -2.41. The fraction of sp³-hybridized carbons (Fsp3) is 0.273. The Kier molecular flexibility index (Phi) is 5.92. The van der Waals surface area contributed by atoms with Crippen LogP contribution in [0, 0.1) is 5.92 Å². The normalized spacial score (nSPS) is 26.0. The summed E-state index contributed by atoms with van der Waals surface area (Å²) in [6.45, 7) is 0. The Balaban J connectivity index is 1.19. The second kappa shape index (κ2) is 10.2. The molecule has 5 aliphatic rings. The molecule has 4 atom stereocenters. The second-order valence-corrected chi connectivity index (χ2v) is 14.1. The minimum absolute atomic E-state index is 0.0374. The first-order valence-corrected chi connectivity index (χ1v) is 17.5. The van der Waals surface area contributed by atoms with E-state index in [-0.39, 0.29) is 11.5 Å². The van der Waals surface area contributed by atoms with E-state index in [4.69, 9.17) is 4.42 Å². The average Bonchev–Trinajstić information content (AvgIpc) is 3.62. The fourth-order valence-electron chi connectivity index (χ4n) is 10.2. The second-order valence-electron chi connectivity index (χ2n) is 14.1. The van der Waals surface area contributed by atoms with Crippen molar-refractivity contribution in [2.75, 3.05) is 4.90 Å². The van der Waals surface area contributed by atoms with Crippen molar-refractivity contribution in [3.05, 3.63) is 149 Å². The van der Waals surface area contributed by atoms with Gasteiger partial charge < -0.3 is 9.32 Å². The van der Waals surface area contributed by atoms with Crippen LogP contribution in [0.4, 0.5) is 11.4 Å². The summed E-state index contributed by atoms with van der Waals surface area (Å²) in [5.41, 5.74) is 13.7. The van der Waals surface area contributed by atoms with Crippen molar-refractivity contribution in [2.45, 2.75) is 68.7 Å². The van der Waals surface area contributed by atoms with Crippen molar-refractivity contribution in [3.8, 4) is 0 Å². The molecule has 0 aliphatic heterocycles. The molecule has 3 unspecified atom stereocenters. The number of allylic oxidation sites excluding steroid dienone is 6. The highest BCUT2D eigenvalue weighted by molar-refractivity contribution is 6.07. The van der Waals surface area contributed by atoms with Crippen LogP contribution in [0.3, 0.4) is 0 Å². The van der Waals surface area contributed by atoms with E-state index in [2.05, 4.69) is 126 Å².